The fraction of sp³-hybridized carbons (Fsp3) is 0.0588. The number of hydrogen-bond donors (Lipinski definition) is 0. The zero-order valence-corrected chi connectivity index (χ0v) is 17.4. The number of Topliss-reactive ketones (excluding diaryl/α,β-unsaturated/α-hetero) is 1. The summed E-state index contributed by atoms with van der Waals surface area (Å²) < 4.78 is 3.93. The number of nitrogens with zero attached hydrogens (tertiary/aromatic N) is 5. The predicted octanol–water partition coefficient (Wildman–Crippen LogP) is 5.94. The van der Waals surface area contributed by atoms with Crippen LogP contribution in [0.2, 0.25) is 0 Å². The molecule has 0 bridgehead atoms. The molecular formula is C17H10ClN5O5S2. The normalized spacial score (nSPS) is 15.2. The number of nitro benzene ring substituents is 2. The lowest BCUT2D eigenvalue weighted by Gasteiger charge is -2.05. The summed E-state index contributed by atoms with van der Waals surface area (Å²) >= 11 is 6.07. The highest BCUT2D eigenvalue weighted by atomic mass is 35.5. The fourth-order valence-corrected chi connectivity index (χ4v) is 4.63. The largest absolute Gasteiger partial charge is 0.303 e. The molecule has 0 aliphatic carbocycles. The predicted molar refractivity (Wildman–Crippen MR) is 115 cm³/mol. The van der Waals surface area contributed by atoms with Gasteiger partial charge in [-0.25, -0.2) is 0 Å². The number of allylic oxidation sites excluding steroid dienone is 2. The zero-order chi connectivity index (χ0) is 21.8. The van der Waals surface area contributed by atoms with Crippen LogP contribution in [0.4, 0.5) is 17.1 Å². The third kappa shape index (κ3) is 4.72. The number of benzene rings is 2. The Morgan fingerprint density at radius 2 is 1.90 bits per heavy atom. The Balaban J connectivity index is 2.08. The van der Waals surface area contributed by atoms with Crippen LogP contribution in [-0.4, -0.2) is 20.8 Å². The summed E-state index contributed by atoms with van der Waals surface area (Å²) in [6.45, 7) is 1.82. The third-order valence-electron chi connectivity index (χ3n) is 3.76. The standard InChI is InChI=1S/C17H10ClN5O5S2/c1-9-3-2-4-10(7-9)15(24)14(16-17(18)21-30-29-16)20-19-12-6-5-11(22(25)26)8-13(12)23(27)28/h2-8H,1H3/b16-14+,20-19?. The van der Waals surface area contributed by atoms with Crippen LogP contribution in [0.15, 0.2) is 67.7 Å². The van der Waals surface area contributed by atoms with Crippen LogP contribution in [0, 0.1) is 27.2 Å². The molecule has 1 aliphatic rings. The summed E-state index contributed by atoms with van der Waals surface area (Å²) in [5, 5.41) is 30.0. The molecule has 0 atom stereocenters. The van der Waals surface area contributed by atoms with Gasteiger partial charge in [-0.05, 0) is 29.9 Å². The van der Waals surface area contributed by atoms with Crippen molar-refractivity contribution in [3.63, 3.8) is 0 Å². The van der Waals surface area contributed by atoms with Crippen LogP contribution in [-0.2, 0) is 0 Å². The maximum absolute atomic E-state index is 13.0. The van der Waals surface area contributed by atoms with Gasteiger partial charge in [-0.15, -0.1) is 10.2 Å². The van der Waals surface area contributed by atoms with E-state index < -0.39 is 27.0 Å². The summed E-state index contributed by atoms with van der Waals surface area (Å²) in [5.41, 5.74) is -0.291. The molecule has 3 rings (SSSR count). The van der Waals surface area contributed by atoms with Gasteiger partial charge in [0.1, 0.15) is 0 Å². The Morgan fingerprint density at radius 3 is 2.50 bits per heavy atom. The highest BCUT2D eigenvalue weighted by molar-refractivity contribution is 8.78. The number of non-ortho nitro benzene ring substituents is 1. The Bertz CT molecular complexity index is 1160. The molecule has 13 heteroatoms. The molecule has 152 valence electrons. The van der Waals surface area contributed by atoms with E-state index in [1.807, 2.05) is 13.0 Å². The van der Waals surface area contributed by atoms with Crippen LogP contribution >= 0.6 is 33.4 Å². The monoisotopic (exact) mass is 463 g/mol. The average Bonchev–Trinajstić information content (AvgIpc) is 3.13. The van der Waals surface area contributed by atoms with Gasteiger partial charge in [0.15, 0.2) is 16.6 Å². The van der Waals surface area contributed by atoms with Crippen molar-refractivity contribution in [2.75, 3.05) is 0 Å². The van der Waals surface area contributed by atoms with Gasteiger partial charge in [-0.1, -0.05) is 35.4 Å². The fourth-order valence-electron chi connectivity index (χ4n) is 2.38. The summed E-state index contributed by atoms with van der Waals surface area (Å²) in [5.74, 6) is -0.495. The number of ketones is 1. The molecule has 0 fully saturated rings. The van der Waals surface area contributed by atoms with E-state index in [1.54, 1.807) is 18.2 Å². The molecule has 0 N–H and O–H groups in total. The van der Waals surface area contributed by atoms with Gasteiger partial charge in [0.2, 0.25) is 5.78 Å². The topological polar surface area (TPSA) is 140 Å². The Hall–Kier alpha value is -3.09. The quantitative estimate of drug-likeness (QED) is 0.0981. The minimum atomic E-state index is -0.814. The molecule has 0 amide bonds. The minimum absolute atomic E-state index is 0.0538. The van der Waals surface area contributed by atoms with Gasteiger partial charge in [0.25, 0.3) is 5.69 Å². The molecule has 30 heavy (non-hydrogen) atoms. The first-order valence-electron chi connectivity index (χ1n) is 8.05. The van der Waals surface area contributed by atoms with E-state index in [1.165, 1.54) is 0 Å². The first-order valence-corrected chi connectivity index (χ1v) is 10.5. The molecule has 1 aliphatic heterocycles. The highest BCUT2D eigenvalue weighted by Gasteiger charge is 2.26. The number of carbonyl (C=O) groups is 1. The number of halogens is 1. The van der Waals surface area contributed by atoms with Crippen molar-refractivity contribution in [2.45, 2.75) is 6.92 Å². The molecule has 0 spiro atoms. The highest BCUT2D eigenvalue weighted by Crippen LogP contribution is 2.43. The lowest BCUT2D eigenvalue weighted by atomic mass is 10.1. The van der Waals surface area contributed by atoms with Crippen molar-refractivity contribution in [3.05, 3.63) is 84.4 Å². The first kappa shape index (κ1) is 21.6. The summed E-state index contributed by atoms with van der Waals surface area (Å²) in [4.78, 5) is 33.9. The van der Waals surface area contributed by atoms with Crippen LogP contribution in [0.5, 0.6) is 0 Å². The van der Waals surface area contributed by atoms with E-state index in [0.717, 1.165) is 45.5 Å². The SMILES string of the molecule is Cc1cccc(C(=O)/C(N=Nc2ccc([N+](=O)[O-])cc2[N+](=O)[O-])=C2\SSN=C2Cl)c1. The van der Waals surface area contributed by atoms with Gasteiger partial charge in [0, 0.05) is 11.6 Å². The van der Waals surface area contributed by atoms with Crippen molar-refractivity contribution in [1.82, 2.24) is 0 Å². The van der Waals surface area contributed by atoms with Crippen molar-refractivity contribution in [3.8, 4) is 0 Å². The van der Waals surface area contributed by atoms with Gasteiger partial charge >= 0.3 is 5.69 Å². The smallest absolute Gasteiger partial charge is 0.287 e. The number of hydrogen-bond acceptors (Lipinski definition) is 10. The second kappa shape index (κ2) is 9.15. The van der Waals surface area contributed by atoms with Crippen molar-refractivity contribution >= 4 is 61.4 Å². The summed E-state index contributed by atoms with van der Waals surface area (Å²) in [6.07, 6.45) is 0. The molecular weight excluding hydrogens is 454 g/mol. The first-order chi connectivity index (χ1) is 14.3. The van der Waals surface area contributed by atoms with Gasteiger partial charge < -0.3 is 0 Å². The number of aryl methyl sites for hydroxylation is 1. The maximum Gasteiger partial charge on any atom is 0.303 e. The van der Waals surface area contributed by atoms with Gasteiger partial charge in [-0.2, -0.15) is 4.40 Å². The minimum Gasteiger partial charge on any atom is -0.287 e. The number of azo groups is 1. The van der Waals surface area contributed by atoms with Crippen molar-refractivity contribution < 1.29 is 14.6 Å². The molecule has 1 heterocycles. The summed E-state index contributed by atoms with van der Waals surface area (Å²) in [7, 11) is 2.15. The Kier molecular flexibility index (Phi) is 6.59. The van der Waals surface area contributed by atoms with Crippen LogP contribution in [0.3, 0.4) is 0 Å². The van der Waals surface area contributed by atoms with E-state index in [0.29, 0.717) is 5.56 Å². The molecule has 2 aromatic rings. The van der Waals surface area contributed by atoms with E-state index in [2.05, 4.69) is 14.6 Å². The molecule has 0 unspecified atom stereocenters. The van der Waals surface area contributed by atoms with E-state index in [-0.39, 0.29) is 21.5 Å². The lowest BCUT2D eigenvalue weighted by molar-refractivity contribution is -0.393. The Morgan fingerprint density at radius 1 is 1.13 bits per heavy atom. The van der Waals surface area contributed by atoms with Crippen molar-refractivity contribution in [1.29, 1.82) is 0 Å². The Labute approximate surface area is 182 Å². The molecule has 0 saturated carbocycles. The molecule has 10 nitrogen and oxygen atoms in total. The van der Waals surface area contributed by atoms with Crippen molar-refractivity contribution in [2.24, 2.45) is 14.6 Å². The third-order valence-corrected chi connectivity index (χ3v) is 6.08. The zero-order valence-electron chi connectivity index (χ0n) is 15.0. The van der Waals surface area contributed by atoms with E-state index >= 15 is 0 Å². The second-order valence-corrected chi connectivity index (χ2v) is 8.02. The maximum atomic E-state index is 13.0. The van der Waals surface area contributed by atoms with Crippen LogP contribution in [0.25, 0.3) is 0 Å². The molecule has 0 aromatic heterocycles. The number of nitro groups is 2. The van der Waals surface area contributed by atoms with E-state index in [9.17, 15) is 25.0 Å². The van der Waals surface area contributed by atoms with Gasteiger partial charge in [-0.3, -0.25) is 25.0 Å². The van der Waals surface area contributed by atoms with Gasteiger partial charge in [0.05, 0.1) is 31.8 Å². The van der Waals surface area contributed by atoms with Crippen LogP contribution < -0.4 is 0 Å². The second-order valence-electron chi connectivity index (χ2n) is 5.80. The molecule has 2 aromatic carbocycles. The lowest BCUT2D eigenvalue weighted by Crippen LogP contribution is -2.06. The van der Waals surface area contributed by atoms with E-state index in [4.69, 9.17) is 11.6 Å². The van der Waals surface area contributed by atoms with Crippen LogP contribution in [0.1, 0.15) is 15.9 Å². The average molecular weight is 464 g/mol. The molecule has 0 saturated heterocycles. The summed E-state index contributed by atoms with van der Waals surface area (Å²) in [6, 6.07) is 9.70. The molecule has 0 radical (unpaired) electrons. The number of carbonyl (C=O) groups excluding carboxylic acids is 1. The number of rotatable bonds is 6.